The molecule has 0 fully saturated rings. The van der Waals surface area contributed by atoms with Crippen molar-refractivity contribution >= 4 is 17.0 Å². The Balaban J connectivity index is 1.99. The number of phenols is 1. The number of phenolic OH excluding ortho intramolecular Hbond substituents is 1. The first-order valence-corrected chi connectivity index (χ1v) is 9.06. The van der Waals surface area contributed by atoms with Crippen LogP contribution in [-0.4, -0.2) is 33.7 Å². The van der Waals surface area contributed by atoms with E-state index in [2.05, 4.69) is 4.98 Å². The Morgan fingerprint density at radius 2 is 1.90 bits per heavy atom. The first kappa shape index (κ1) is 20.5. The van der Waals surface area contributed by atoms with Gasteiger partial charge >= 0.3 is 6.09 Å². The van der Waals surface area contributed by atoms with Crippen molar-refractivity contribution in [3.8, 4) is 16.9 Å². The molecule has 0 saturated carbocycles. The minimum atomic E-state index is -1.29. The second-order valence-corrected chi connectivity index (χ2v) is 7.80. The van der Waals surface area contributed by atoms with E-state index in [9.17, 15) is 18.7 Å². The highest BCUT2D eigenvalue weighted by atomic mass is 19.2. The van der Waals surface area contributed by atoms with Crippen molar-refractivity contribution in [3.63, 3.8) is 0 Å². The van der Waals surface area contributed by atoms with Crippen LogP contribution in [0.25, 0.3) is 22.0 Å². The van der Waals surface area contributed by atoms with Crippen molar-refractivity contribution in [2.75, 3.05) is 7.05 Å². The van der Waals surface area contributed by atoms with E-state index in [-0.39, 0.29) is 12.1 Å². The van der Waals surface area contributed by atoms with E-state index in [4.69, 9.17) is 4.74 Å². The zero-order valence-electron chi connectivity index (χ0n) is 16.7. The zero-order valence-corrected chi connectivity index (χ0v) is 16.7. The molecule has 1 heterocycles. The fraction of sp³-hybridized carbons (Fsp3) is 0.273. The number of aromatic nitrogens is 1. The predicted octanol–water partition coefficient (Wildman–Crippen LogP) is 5.25. The van der Waals surface area contributed by atoms with Gasteiger partial charge in [0.2, 0.25) is 5.82 Å². The average Bonchev–Trinajstić information content (AvgIpc) is 2.65. The lowest BCUT2D eigenvalue weighted by Crippen LogP contribution is -2.33. The van der Waals surface area contributed by atoms with E-state index in [1.165, 1.54) is 11.0 Å². The molecule has 1 aromatic heterocycles. The number of rotatable bonds is 3. The van der Waals surface area contributed by atoms with Crippen molar-refractivity contribution in [2.45, 2.75) is 32.9 Å². The topological polar surface area (TPSA) is 62.7 Å². The molecule has 2 aromatic carbocycles. The molecule has 29 heavy (non-hydrogen) atoms. The summed E-state index contributed by atoms with van der Waals surface area (Å²) >= 11 is 0. The summed E-state index contributed by atoms with van der Waals surface area (Å²) in [7, 11) is 1.63. The molecule has 1 N–H and O–H groups in total. The molecule has 0 atom stereocenters. The third-order valence-corrected chi connectivity index (χ3v) is 4.32. The monoisotopic (exact) mass is 400 g/mol. The van der Waals surface area contributed by atoms with Crippen LogP contribution in [0.15, 0.2) is 42.6 Å². The maximum Gasteiger partial charge on any atom is 0.410 e. The predicted molar refractivity (Wildman–Crippen MR) is 106 cm³/mol. The summed E-state index contributed by atoms with van der Waals surface area (Å²) in [6.07, 6.45) is 1.17. The van der Waals surface area contributed by atoms with Crippen LogP contribution in [0.2, 0.25) is 0 Å². The highest BCUT2D eigenvalue weighted by Crippen LogP contribution is 2.34. The van der Waals surface area contributed by atoms with Crippen LogP contribution >= 0.6 is 0 Å². The summed E-state index contributed by atoms with van der Waals surface area (Å²) in [5.41, 5.74) is 1.53. The van der Waals surface area contributed by atoms with Gasteiger partial charge in [0.15, 0.2) is 11.6 Å². The minimum Gasteiger partial charge on any atom is -0.504 e. The van der Waals surface area contributed by atoms with Gasteiger partial charge in [0.1, 0.15) is 5.60 Å². The van der Waals surface area contributed by atoms with Gasteiger partial charge in [-0.25, -0.2) is 9.18 Å². The molecule has 3 rings (SSSR count). The second kappa shape index (κ2) is 7.66. The molecular formula is C22H22F2N2O3. The lowest BCUT2D eigenvalue weighted by Gasteiger charge is -2.25. The Labute approximate surface area is 167 Å². The summed E-state index contributed by atoms with van der Waals surface area (Å²) in [6.45, 7) is 5.64. The Bertz CT molecular complexity index is 1080. The molecular weight excluding hydrogens is 378 g/mol. The first-order valence-electron chi connectivity index (χ1n) is 9.06. The highest BCUT2D eigenvalue weighted by Gasteiger charge is 2.20. The second-order valence-electron chi connectivity index (χ2n) is 7.80. The van der Waals surface area contributed by atoms with Gasteiger partial charge in [0, 0.05) is 30.7 Å². The van der Waals surface area contributed by atoms with Crippen molar-refractivity contribution < 1.29 is 23.4 Å². The number of carbonyl (C=O) groups excluding carboxylic acids is 1. The fourth-order valence-electron chi connectivity index (χ4n) is 2.94. The number of amides is 1. The molecule has 5 nitrogen and oxygen atoms in total. The summed E-state index contributed by atoms with van der Waals surface area (Å²) in [4.78, 5) is 18.0. The molecule has 152 valence electrons. The Hall–Kier alpha value is -3.22. The maximum absolute atomic E-state index is 13.8. The number of nitrogens with zero attached hydrogens (tertiary/aromatic N) is 2. The quantitative estimate of drug-likeness (QED) is 0.652. The molecule has 7 heteroatoms. The van der Waals surface area contributed by atoms with Crippen LogP contribution in [-0.2, 0) is 11.3 Å². The lowest BCUT2D eigenvalue weighted by molar-refractivity contribution is 0.0285. The maximum atomic E-state index is 13.8. The molecule has 0 unspecified atom stereocenters. The summed E-state index contributed by atoms with van der Waals surface area (Å²) in [6, 6.07) is 9.18. The molecule has 0 spiro atoms. The number of pyridine rings is 1. The summed E-state index contributed by atoms with van der Waals surface area (Å²) in [5, 5.41) is 10.7. The van der Waals surface area contributed by atoms with Gasteiger partial charge < -0.3 is 14.7 Å². The largest absolute Gasteiger partial charge is 0.504 e. The van der Waals surface area contributed by atoms with Gasteiger partial charge in [0.05, 0.1) is 5.52 Å². The molecule has 0 aliphatic rings. The molecule has 0 bridgehead atoms. The van der Waals surface area contributed by atoms with E-state index in [1.54, 1.807) is 58.3 Å². The number of hydrogen-bond donors (Lipinski definition) is 1. The number of fused-ring (bicyclic) bond motifs is 1. The van der Waals surface area contributed by atoms with Crippen molar-refractivity contribution in [1.82, 2.24) is 9.88 Å². The number of ether oxygens (including phenoxy) is 1. The van der Waals surface area contributed by atoms with Crippen LogP contribution in [0.5, 0.6) is 5.75 Å². The number of hydrogen-bond acceptors (Lipinski definition) is 4. The van der Waals surface area contributed by atoms with Crippen LogP contribution in [0.1, 0.15) is 26.3 Å². The van der Waals surface area contributed by atoms with Crippen LogP contribution in [0, 0.1) is 11.6 Å². The SMILES string of the molecule is CN(Cc1ccnc2ccc(-c3ccc(F)c(F)c3O)cc12)C(=O)OC(C)(C)C. The molecule has 1 amide bonds. The van der Waals surface area contributed by atoms with Gasteiger partial charge in [-0.05, 0) is 62.2 Å². The normalized spacial score (nSPS) is 11.5. The number of halogens is 2. The zero-order chi connectivity index (χ0) is 21.3. The number of aromatic hydroxyl groups is 1. The van der Waals surface area contributed by atoms with Crippen molar-refractivity contribution in [2.24, 2.45) is 0 Å². The van der Waals surface area contributed by atoms with Crippen LogP contribution in [0.3, 0.4) is 0 Å². The van der Waals surface area contributed by atoms with E-state index < -0.39 is 29.1 Å². The Kier molecular flexibility index (Phi) is 5.42. The van der Waals surface area contributed by atoms with Gasteiger partial charge in [0.25, 0.3) is 0 Å². The Morgan fingerprint density at radius 3 is 2.59 bits per heavy atom. The van der Waals surface area contributed by atoms with Gasteiger partial charge in [-0.3, -0.25) is 4.98 Å². The third-order valence-electron chi connectivity index (χ3n) is 4.32. The van der Waals surface area contributed by atoms with Gasteiger partial charge in [-0.2, -0.15) is 4.39 Å². The average molecular weight is 400 g/mol. The van der Waals surface area contributed by atoms with Crippen LogP contribution < -0.4 is 0 Å². The van der Waals surface area contributed by atoms with E-state index >= 15 is 0 Å². The van der Waals surface area contributed by atoms with Crippen LogP contribution in [0.4, 0.5) is 13.6 Å². The van der Waals surface area contributed by atoms with Gasteiger partial charge in [-0.15, -0.1) is 0 Å². The molecule has 0 aliphatic heterocycles. The van der Waals surface area contributed by atoms with Gasteiger partial charge in [-0.1, -0.05) is 6.07 Å². The molecule has 0 aliphatic carbocycles. The molecule has 0 radical (unpaired) electrons. The highest BCUT2D eigenvalue weighted by molar-refractivity contribution is 5.88. The van der Waals surface area contributed by atoms with E-state index in [0.29, 0.717) is 11.1 Å². The summed E-state index contributed by atoms with van der Waals surface area (Å²) in [5.74, 6) is -3.16. The van der Waals surface area contributed by atoms with E-state index in [0.717, 1.165) is 17.0 Å². The third kappa shape index (κ3) is 4.45. The smallest absolute Gasteiger partial charge is 0.410 e. The first-order chi connectivity index (χ1) is 13.6. The standard InChI is InChI=1S/C22H22F2N2O3/c1-22(2,3)29-21(28)26(4)12-14-9-10-25-18-8-5-13(11-16(14)18)15-6-7-17(23)19(24)20(15)27/h5-11,27H,12H2,1-4H3. The number of carbonyl (C=O) groups is 1. The molecule has 0 saturated heterocycles. The minimum absolute atomic E-state index is 0.168. The van der Waals surface area contributed by atoms with Crippen molar-refractivity contribution in [1.29, 1.82) is 0 Å². The summed E-state index contributed by atoms with van der Waals surface area (Å²) < 4.78 is 32.5. The molecule has 3 aromatic rings. The fourth-order valence-corrected chi connectivity index (χ4v) is 2.94. The lowest BCUT2D eigenvalue weighted by atomic mass is 9.99. The van der Waals surface area contributed by atoms with E-state index in [1.807, 2.05) is 0 Å². The number of benzene rings is 2. The van der Waals surface area contributed by atoms with Crippen molar-refractivity contribution in [3.05, 3.63) is 59.8 Å². The Morgan fingerprint density at radius 1 is 1.17 bits per heavy atom.